The van der Waals surface area contributed by atoms with Gasteiger partial charge in [0.25, 0.3) is 0 Å². The van der Waals surface area contributed by atoms with Crippen LogP contribution in [0.2, 0.25) is 0 Å². The third kappa shape index (κ3) is 2.58. The molecule has 0 bridgehead atoms. The van der Waals surface area contributed by atoms with E-state index in [-0.39, 0.29) is 0 Å². The molecular weight excluding hydrogens is 298 g/mol. The van der Waals surface area contributed by atoms with E-state index in [2.05, 4.69) is 9.97 Å². The Labute approximate surface area is 139 Å². The summed E-state index contributed by atoms with van der Waals surface area (Å²) in [7, 11) is 1.65. The van der Waals surface area contributed by atoms with Gasteiger partial charge < -0.3 is 4.74 Å². The van der Waals surface area contributed by atoms with Gasteiger partial charge in [0, 0.05) is 17.3 Å². The van der Waals surface area contributed by atoms with Crippen molar-refractivity contribution in [1.29, 1.82) is 0 Å². The van der Waals surface area contributed by atoms with E-state index in [1.54, 1.807) is 13.3 Å². The molecule has 0 aliphatic rings. The minimum absolute atomic E-state index is 0.660. The Bertz CT molecular complexity index is 1000. The van der Waals surface area contributed by atoms with Crippen molar-refractivity contribution in [3.8, 4) is 28.4 Å². The van der Waals surface area contributed by atoms with Gasteiger partial charge in [0.2, 0.25) is 0 Å². The van der Waals surface area contributed by atoms with Gasteiger partial charge in [0.1, 0.15) is 17.0 Å². The van der Waals surface area contributed by atoms with E-state index in [9.17, 15) is 0 Å². The number of aromatic nitrogens is 3. The monoisotopic (exact) mass is 313 g/mol. The van der Waals surface area contributed by atoms with Gasteiger partial charge in [-0.25, -0.2) is 9.97 Å². The topological polar surface area (TPSA) is 47.9 Å². The summed E-state index contributed by atoms with van der Waals surface area (Å²) in [6.07, 6.45) is 1.77. The average molecular weight is 313 g/mol. The van der Waals surface area contributed by atoms with Gasteiger partial charge in [0.15, 0.2) is 5.82 Å². The number of ether oxygens (including phenoxy) is 1. The minimum atomic E-state index is 0.660. The van der Waals surface area contributed by atoms with Gasteiger partial charge >= 0.3 is 0 Å². The summed E-state index contributed by atoms with van der Waals surface area (Å²) < 4.78 is 5.31. The Morgan fingerprint density at radius 2 is 1.62 bits per heavy atom. The number of hydrogen-bond acceptors (Lipinski definition) is 4. The lowest BCUT2D eigenvalue weighted by atomic mass is 10.1. The zero-order valence-corrected chi connectivity index (χ0v) is 13.2. The van der Waals surface area contributed by atoms with E-state index in [4.69, 9.17) is 9.72 Å². The molecule has 4 aromatic rings. The van der Waals surface area contributed by atoms with E-state index in [0.29, 0.717) is 5.82 Å². The lowest BCUT2D eigenvalue weighted by Gasteiger charge is -2.09. The van der Waals surface area contributed by atoms with Crippen LogP contribution in [0.3, 0.4) is 0 Å². The largest absolute Gasteiger partial charge is 0.497 e. The predicted octanol–water partition coefficient (Wildman–Crippen LogP) is 4.37. The second kappa shape index (κ2) is 6.08. The molecule has 2 aromatic heterocycles. The molecule has 2 heterocycles. The Hall–Kier alpha value is -3.27. The highest BCUT2D eigenvalue weighted by Gasteiger charge is 2.12. The van der Waals surface area contributed by atoms with Gasteiger partial charge in [-0.3, -0.25) is 4.98 Å². The maximum atomic E-state index is 5.31. The number of methoxy groups -OCH3 is 1. The first-order valence-corrected chi connectivity index (χ1v) is 7.68. The second-order valence-electron chi connectivity index (χ2n) is 5.36. The minimum Gasteiger partial charge on any atom is -0.497 e. The summed E-state index contributed by atoms with van der Waals surface area (Å²) in [5.74, 6) is 1.44. The van der Waals surface area contributed by atoms with Crippen molar-refractivity contribution in [2.75, 3.05) is 7.11 Å². The molecule has 0 unspecified atom stereocenters. The number of benzene rings is 2. The molecule has 0 amide bonds. The molecule has 24 heavy (non-hydrogen) atoms. The van der Waals surface area contributed by atoms with Crippen LogP contribution in [-0.2, 0) is 0 Å². The SMILES string of the molecule is COc1cccc(-c2nc(-c3ccccc3)c3ncccc3n2)c1. The zero-order chi connectivity index (χ0) is 16.4. The molecule has 0 saturated heterocycles. The van der Waals surface area contributed by atoms with E-state index in [1.165, 1.54) is 0 Å². The molecule has 2 aromatic carbocycles. The van der Waals surface area contributed by atoms with Crippen LogP contribution in [0.1, 0.15) is 0 Å². The smallest absolute Gasteiger partial charge is 0.160 e. The van der Waals surface area contributed by atoms with Crippen molar-refractivity contribution < 1.29 is 4.74 Å². The quantitative estimate of drug-likeness (QED) is 0.563. The van der Waals surface area contributed by atoms with E-state index in [1.807, 2.05) is 66.7 Å². The molecular formula is C20H15N3O. The Morgan fingerprint density at radius 1 is 0.792 bits per heavy atom. The zero-order valence-electron chi connectivity index (χ0n) is 13.2. The number of pyridine rings is 1. The molecule has 4 nitrogen and oxygen atoms in total. The number of rotatable bonds is 3. The number of hydrogen-bond donors (Lipinski definition) is 0. The summed E-state index contributed by atoms with van der Waals surface area (Å²) in [6, 6.07) is 21.7. The summed E-state index contributed by atoms with van der Waals surface area (Å²) in [5.41, 5.74) is 4.39. The average Bonchev–Trinajstić information content (AvgIpc) is 2.68. The van der Waals surface area contributed by atoms with Crippen LogP contribution in [0.5, 0.6) is 5.75 Å². The normalized spacial score (nSPS) is 10.7. The first-order valence-electron chi connectivity index (χ1n) is 7.68. The molecule has 0 saturated carbocycles. The summed E-state index contributed by atoms with van der Waals surface area (Å²) in [6.45, 7) is 0. The van der Waals surface area contributed by atoms with Crippen LogP contribution in [-0.4, -0.2) is 22.1 Å². The fourth-order valence-electron chi connectivity index (χ4n) is 2.66. The van der Waals surface area contributed by atoms with E-state index < -0.39 is 0 Å². The van der Waals surface area contributed by atoms with Crippen LogP contribution in [0.25, 0.3) is 33.7 Å². The fourth-order valence-corrected chi connectivity index (χ4v) is 2.66. The molecule has 0 N–H and O–H groups in total. The highest BCUT2D eigenvalue weighted by molar-refractivity contribution is 5.90. The molecule has 4 rings (SSSR count). The lowest BCUT2D eigenvalue weighted by Crippen LogP contribution is -1.96. The number of nitrogens with zero attached hydrogens (tertiary/aromatic N) is 3. The van der Waals surface area contributed by atoms with Gasteiger partial charge in [0.05, 0.1) is 12.6 Å². The van der Waals surface area contributed by atoms with Gasteiger partial charge in [-0.15, -0.1) is 0 Å². The van der Waals surface area contributed by atoms with Gasteiger partial charge in [-0.05, 0) is 24.3 Å². The van der Waals surface area contributed by atoms with Gasteiger partial charge in [-0.1, -0.05) is 42.5 Å². The molecule has 0 aliphatic carbocycles. The fraction of sp³-hybridized carbons (Fsp3) is 0.0500. The van der Waals surface area contributed by atoms with Gasteiger partial charge in [-0.2, -0.15) is 0 Å². The van der Waals surface area contributed by atoms with Crippen molar-refractivity contribution in [1.82, 2.24) is 15.0 Å². The molecule has 0 aliphatic heterocycles. The van der Waals surface area contributed by atoms with Crippen LogP contribution in [0, 0.1) is 0 Å². The molecule has 0 atom stereocenters. The van der Waals surface area contributed by atoms with Crippen LogP contribution < -0.4 is 4.74 Å². The third-order valence-electron chi connectivity index (χ3n) is 3.83. The molecule has 0 radical (unpaired) electrons. The summed E-state index contributed by atoms with van der Waals surface area (Å²) in [4.78, 5) is 13.9. The van der Waals surface area contributed by atoms with Crippen molar-refractivity contribution in [2.24, 2.45) is 0 Å². The highest BCUT2D eigenvalue weighted by Crippen LogP contribution is 2.28. The number of fused-ring (bicyclic) bond motifs is 1. The Morgan fingerprint density at radius 3 is 2.46 bits per heavy atom. The lowest BCUT2D eigenvalue weighted by molar-refractivity contribution is 0.415. The summed E-state index contributed by atoms with van der Waals surface area (Å²) >= 11 is 0. The highest BCUT2D eigenvalue weighted by atomic mass is 16.5. The molecule has 4 heteroatoms. The first-order chi connectivity index (χ1) is 11.8. The maximum absolute atomic E-state index is 5.31. The standard InChI is InChI=1S/C20H15N3O/c1-24-16-10-5-9-15(13-16)20-22-17-11-6-12-21-19(17)18(23-20)14-7-3-2-4-8-14/h2-13H,1H3. The van der Waals surface area contributed by atoms with Crippen molar-refractivity contribution in [3.05, 3.63) is 72.9 Å². The summed E-state index contributed by atoms with van der Waals surface area (Å²) in [5, 5.41) is 0. The molecule has 0 spiro atoms. The van der Waals surface area contributed by atoms with Crippen molar-refractivity contribution >= 4 is 11.0 Å². The van der Waals surface area contributed by atoms with Crippen LogP contribution in [0.4, 0.5) is 0 Å². The first kappa shape index (κ1) is 14.3. The molecule has 116 valence electrons. The Kier molecular flexibility index (Phi) is 3.63. The maximum Gasteiger partial charge on any atom is 0.160 e. The third-order valence-corrected chi connectivity index (χ3v) is 3.83. The Balaban J connectivity index is 1.98. The van der Waals surface area contributed by atoms with Crippen LogP contribution >= 0.6 is 0 Å². The van der Waals surface area contributed by atoms with Crippen LogP contribution in [0.15, 0.2) is 72.9 Å². The molecule has 0 fully saturated rings. The van der Waals surface area contributed by atoms with E-state index in [0.717, 1.165) is 33.6 Å². The van der Waals surface area contributed by atoms with E-state index >= 15 is 0 Å². The van der Waals surface area contributed by atoms with Crippen molar-refractivity contribution in [3.63, 3.8) is 0 Å². The van der Waals surface area contributed by atoms with Crippen molar-refractivity contribution in [2.45, 2.75) is 0 Å². The predicted molar refractivity (Wildman–Crippen MR) is 94.8 cm³/mol. The second-order valence-corrected chi connectivity index (χ2v) is 5.36.